The van der Waals surface area contributed by atoms with Crippen LogP contribution in [0.4, 0.5) is 11.5 Å². The summed E-state index contributed by atoms with van der Waals surface area (Å²) in [5.41, 5.74) is 1.87. The first-order chi connectivity index (χ1) is 12.7. The first-order valence-electron chi connectivity index (χ1n) is 8.99. The molecule has 1 aliphatic heterocycles. The second-order valence-electron chi connectivity index (χ2n) is 6.32. The van der Waals surface area contributed by atoms with Crippen LogP contribution in [0.5, 0.6) is 5.75 Å². The van der Waals surface area contributed by atoms with E-state index in [1.165, 1.54) is 0 Å². The lowest BCUT2D eigenvalue weighted by Gasteiger charge is -2.27. The number of nitrogens with one attached hydrogen (secondary N) is 1. The normalized spacial score (nSPS) is 14.1. The molecule has 1 aliphatic rings. The van der Waals surface area contributed by atoms with Gasteiger partial charge >= 0.3 is 0 Å². The number of aromatic nitrogens is 1. The third-order valence-corrected chi connectivity index (χ3v) is 4.17. The Bertz CT molecular complexity index is 712. The van der Waals surface area contributed by atoms with E-state index < -0.39 is 0 Å². The van der Waals surface area contributed by atoms with Gasteiger partial charge in [-0.25, -0.2) is 4.98 Å². The lowest BCUT2D eigenvalue weighted by atomic mass is 10.2. The zero-order valence-corrected chi connectivity index (χ0v) is 15.1. The van der Waals surface area contributed by atoms with Gasteiger partial charge in [0.15, 0.2) is 0 Å². The number of benzene rings is 1. The monoisotopic (exact) mass is 355 g/mol. The maximum Gasteiger partial charge on any atom is 0.224 e. The molecule has 0 bridgehead atoms. The van der Waals surface area contributed by atoms with Crippen LogP contribution in [-0.2, 0) is 9.53 Å². The first kappa shape index (κ1) is 18.2. The van der Waals surface area contributed by atoms with Crippen LogP contribution < -0.4 is 15.0 Å². The molecule has 3 rings (SSSR count). The van der Waals surface area contributed by atoms with Crippen molar-refractivity contribution in [2.24, 2.45) is 0 Å². The van der Waals surface area contributed by atoms with Gasteiger partial charge in [-0.3, -0.25) is 4.79 Å². The van der Waals surface area contributed by atoms with Crippen molar-refractivity contribution in [3.8, 4) is 5.75 Å². The zero-order valence-electron chi connectivity index (χ0n) is 15.1. The molecule has 6 nitrogen and oxygen atoms in total. The number of carbonyl (C=O) groups is 1. The van der Waals surface area contributed by atoms with Crippen LogP contribution in [-0.4, -0.2) is 43.8 Å². The number of aryl methyl sites for hydroxylation is 1. The highest BCUT2D eigenvalue weighted by atomic mass is 16.5. The molecule has 1 aromatic carbocycles. The van der Waals surface area contributed by atoms with Crippen molar-refractivity contribution in [1.82, 2.24) is 4.98 Å². The van der Waals surface area contributed by atoms with E-state index >= 15 is 0 Å². The van der Waals surface area contributed by atoms with Gasteiger partial charge in [0.2, 0.25) is 5.91 Å². The Morgan fingerprint density at radius 3 is 2.85 bits per heavy atom. The van der Waals surface area contributed by atoms with Crippen molar-refractivity contribution in [1.29, 1.82) is 0 Å². The Hall–Kier alpha value is -2.60. The summed E-state index contributed by atoms with van der Waals surface area (Å²) < 4.78 is 11.0. The largest absolute Gasteiger partial charge is 0.494 e. The van der Waals surface area contributed by atoms with E-state index in [0.29, 0.717) is 25.1 Å². The molecular weight excluding hydrogens is 330 g/mol. The van der Waals surface area contributed by atoms with E-state index in [-0.39, 0.29) is 5.91 Å². The Morgan fingerprint density at radius 2 is 2.12 bits per heavy atom. The van der Waals surface area contributed by atoms with Crippen molar-refractivity contribution >= 4 is 17.4 Å². The summed E-state index contributed by atoms with van der Waals surface area (Å²) in [6.45, 7) is 5.69. The fourth-order valence-electron chi connectivity index (χ4n) is 2.79. The number of ether oxygens (including phenoxy) is 2. The summed E-state index contributed by atoms with van der Waals surface area (Å²) in [7, 11) is 0. The Balaban J connectivity index is 1.39. The molecule has 26 heavy (non-hydrogen) atoms. The van der Waals surface area contributed by atoms with Crippen LogP contribution in [0.1, 0.15) is 18.4 Å². The first-order valence-corrected chi connectivity index (χ1v) is 8.99. The van der Waals surface area contributed by atoms with E-state index in [1.807, 2.05) is 43.3 Å². The molecule has 0 unspecified atom stereocenters. The zero-order chi connectivity index (χ0) is 18.2. The van der Waals surface area contributed by atoms with Crippen molar-refractivity contribution in [2.75, 3.05) is 43.1 Å². The number of anilines is 2. The molecule has 1 fully saturated rings. The average molecular weight is 355 g/mol. The van der Waals surface area contributed by atoms with E-state index in [4.69, 9.17) is 9.47 Å². The van der Waals surface area contributed by atoms with Crippen molar-refractivity contribution in [3.05, 3.63) is 48.2 Å². The van der Waals surface area contributed by atoms with Gasteiger partial charge in [-0.15, -0.1) is 0 Å². The lowest BCUT2D eigenvalue weighted by Crippen LogP contribution is -2.36. The Labute approximate surface area is 154 Å². The van der Waals surface area contributed by atoms with E-state index in [1.54, 1.807) is 6.20 Å². The molecule has 0 aliphatic carbocycles. The average Bonchev–Trinajstić information content (AvgIpc) is 2.67. The highest BCUT2D eigenvalue weighted by Gasteiger charge is 2.12. The van der Waals surface area contributed by atoms with Gasteiger partial charge in [0.25, 0.3) is 0 Å². The molecule has 1 saturated heterocycles. The van der Waals surface area contributed by atoms with E-state index in [0.717, 1.165) is 43.4 Å². The third-order valence-electron chi connectivity index (χ3n) is 4.17. The molecule has 2 aromatic rings. The minimum Gasteiger partial charge on any atom is -0.494 e. The van der Waals surface area contributed by atoms with Crippen LogP contribution in [0.2, 0.25) is 0 Å². The Kier molecular flexibility index (Phi) is 6.44. The molecule has 1 N–H and O–H groups in total. The van der Waals surface area contributed by atoms with Crippen LogP contribution in [0.3, 0.4) is 0 Å². The smallest absolute Gasteiger partial charge is 0.224 e. The quantitative estimate of drug-likeness (QED) is 0.774. The Morgan fingerprint density at radius 1 is 1.27 bits per heavy atom. The van der Waals surface area contributed by atoms with Crippen molar-refractivity contribution in [3.63, 3.8) is 0 Å². The maximum atomic E-state index is 12.0. The molecule has 138 valence electrons. The predicted octanol–water partition coefficient (Wildman–Crippen LogP) is 3.02. The highest BCUT2D eigenvalue weighted by molar-refractivity contribution is 5.90. The molecule has 0 atom stereocenters. The predicted molar refractivity (Wildman–Crippen MR) is 102 cm³/mol. The number of nitrogens with zero attached hydrogens (tertiary/aromatic N) is 2. The fourth-order valence-corrected chi connectivity index (χ4v) is 2.79. The topological polar surface area (TPSA) is 63.7 Å². The SMILES string of the molecule is Cc1cccc(OCCCC(=O)Nc2ccc(N3CCOCC3)nc2)c1. The minimum atomic E-state index is -0.0289. The summed E-state index contributed by atoms with van der Waals surface area (Å²) in [5.74, 6) is 1.73. The van der Waals surface area contributed by atoms with E-state index in [9.17, 15) is 4.79 Å². The van der Waals surface area contributed by atoms with Crippen LogP contribution in [0.25, 0.3) is 0 Å². The van der Waals surface area contributed by atoms with Gasteiger partial charge in [0, 0.05) is 19.5 Å². The summed E-state index contributed by atoms with van der Waals surface area (Å²) in [6, 6.07) is 11.7. The summed E-state index contributed by atoms with van der Waals surface area (Å²) in [5, 5.41) is 2.88. The number of carbonyl (C=O) groups excluding carboxylic acids is 1. The molecule has 1 aromatic heterocycles. The molecule has 0 radical (unpaired) electrons. The molecule has 6 heteroatoms. The third kappa shape index (κ3) is 5.46. The molecule has 0 spiro atoms. The maximum absolute atomic E-state index is 12.0. The van der Waals surface area contributed by atoms with Gasteiger partial charge in [-0.1, -0.05) is 12.1 Å². The molecule has 2 heterocycles. The molecule has 1 amide bonds. The number of hydrogen-bond acceptors (Lipinski definition) is 5. The van der Waals surface area contributed by atoms with Gasteiger partial charge < -0.3 is 19.7 Å². The summed E-state index contributed by atoms with van der Waals surface area (Å²) in [4.78, 5) is 18.7. The minimum absolute atomic E-state index is 0.0289. The summed E-state index contributed by atoms with van der Waals surface area (Å²) in [6.07, 6.45) is 2.78. The van der Waals surface area contributed by atoms with E-state index in [2.05, 4.69) is 15.2 Å². The number of morpholine rings is 1. The van der Waals surface area contributed by atoms with Gasteiger partial charge in [-0.05, 0) is 43.2 Å². The lowest BCUT2D eigenvalue weighted by molar-refractivity contribution is -0.116. The standard InChI is InChI=1S/C20H25N3O3/c1-16-4-2-5-18(14-16)26-11-3-6-20(24)22-17-7-8-19(21-15-17)23-9-12-25-13-10-23/h2,4-5,7-8,14-15H,3,6,9-13H2,1H3,(H,22,24). The number of hydrogen-bond donors (Lipinski definition) is 1. The number of pyridine rings is 1. The summed E-state index contributed by atoms with van der Waals surface area (Å²) >= 11 is 0. The van der Waals surface area contributed by atoms with Gasteiger partial charge in [0.1, 0.15) is 11.6 Å². The van der Waals surface area contributed by atoms with Crippen molar-refractivity contribution in [2.45, 2.75) is 19.8 Å². The van der Waals surface area contributed by atoms with Crippen LogP contribution in [0, 0.1) is 6.92 Å². The van der Waals surface area contributed by atoms with Crippen molar-refractivity contribution < 1.29 is 14.3 Å². The van der Waals surface area contributed by atoms with Gasteiger partial charge in [0.05, 0.1) is 31.7 Å². The second-order valence-corrected chi connectivity index (χ2v) is 6.32. The van der Waals surface area contributed by atoms with Crippen LogP contribution in [0.15, 0.2) is 42.6 Å². The van der Waals surface area contributed by atoms with Gasteiger partial charge in [-0.2, -0.15) is 0 Å². The number of rotatable bonds is 7. The molecular formula is C20H25N3O3. The van der Waals surface area contributed by atoms with Crippen LogP contribution >= 0.6 is 0 Å². The second kappa shape index (κ2) is 9.20. The highest BCUT2D eigenvalue weighted by Crippen LogP contribution is 2.16. The fraction of sp³-hybridized carbons (Fsp3) is 0.400. The molecule has 0 saturated carbocycles. The number of amides is 1.